The van der Waals surface area contributed by atoms with Gasteiger partial charge in [-0.3, -0.25) is 4.79 Å². The van der Waals surface area contributed by atoms with Gasteiger partial charge in [0, 0.05) is 5.57 Å². The molecule has 0 N–H and O–H groups in total. The van der Waals surface area contributed by atoms with Gasteiger partial charge in [0.2, 0.25) is 0 Å². The molecule has 2 aromatic rings. The molecule has 0 atom stereocenters. The predicted octanol–water partition coefficient (Wildman–Crippen LogP) is 3.91. The Hall–Kier alpha value is -2.41. The number of hydrogen-bond donors (Lipinski definition) is 0. The predicted molar refractivity (Wildman–Crippen MR) is 78.6 cm³/mol. The molecule has 0 aromatic heterocycles. The van der Waals surface area contributed by atoms with Gasteiger partial charge in [0.05, 0.1) is 0 Å². The highest BCUT2D eigenvalue weighted by molar-refractivity contribution is 6.30. The van der Waals surface area contributed by atoms with Crippen LogP contribution in [0.25, 0.3) is 11.1 Å². The molecule has 0 bridgehead atoms. The van der Waals surface area contributed by atoms with E-state index in [2.05, 4.69) is 24.8 Å². The van der Waals surface area contributed by atoms with Gasteiger partial charge in [0.25, 0.3) is 0 Å². The quantitative estimate of drug-likeness (QED) is 0.734. The summed E-state index contributed by atoms with van der Waals surface area (Å²) in [5.41, 5.74) is 4.95. The van der Waals surface area contributed by atoms with Crippen molar-refractivity contribution in [3.05, 3.63) is 83.9 Å². The van der Waals surface area contributed by atoms with Crippen molar-refractivity contribution < 1.29 is 4.79 Å². The number of ketones is 1. The molecule has 0 saturated heterocycles. The van der Waals surface area contributed by atoms with E-state index >= 15 is 0 Å². The molecule has 19 heavy (non-hydrogen) atoms. The van der Waals surface area contributed by atoms with E-state index in [1.807, 2.05) is 36.4 Å². The van der Waals surface area contributed by atoms with E-state index in [4.69, 9.17) is 0 Å². The lowest BCUT2D eigenvalue weighted by atomic mass is 9.84. The number of carbonyl (C=O) groups is 1. The highest BCUT2D eigenvalue weighted by Crippen LogP contribution is 2.32. The second kappa shape index (κ2) is 4.69. The maximum atomic E-state index is 12.0. The molecule has 0 spiro atoms. The molecule has 0 fully saturated rings. The second-order valence-corrected chi connectivity index (χ2v) is 4.72. The lowest BCUT2D eigenvalue weighted by Gasteiger charge is -2.18. The number of rotatable bonds is 2. The van der Waals surface area contributed by atoms with Crippen LogP contribution in [0.4, 0.5) is 0 Å². The van der Waals surface area contributed by atoms with E-state index in [1.165, 1.54) is 5.56 Å². The zero-order valence-electron chi connectivity index (χ0n) is 10.6. The molecule has 1 heteroatoms. The first-order valence-electron chi connectivity index (χ1n) is 6.33. The number of benzene rings is 2. The first-order chi connectivity index (χ1) is 9.25. The first-order valence-corrected chi connectivity index (χ1v) is 6.33. The number of fused-ring (bicyclic) bond motifs is 1. The molecule has 0 radical (unpaired) electrons. The van der Waals surface area contributed by atoms with E-state index in [-0.39, 0.29) is 5.78 Å². The molecule has 1 aliphatic rings. The van der Waals surface area contributed by atoms with Crippen LogP contribution in [0.2, 0.25) is 0 Å². The second-order valence-electron chi connectivity index (χ2n) is 4.72. The van der Waals surface area contributed by atoms with Crippen molar-refractivity contribution in [2.45, 2.75) is 6.42 Å². The van der Waals surface area contributed by atoms with Gasteiger partial charge >= 0.3 is 0 Å². The molecule has 0 unspecified atom stereocenters. The Morgan fingerprint density at radius 2 is 1.47 bits per heavy atom. The van der Waals surface area contributed by atoms with Gasteiger partial charge in [-0.2, -0.15) is 0 Å². The molecule has 92 valence electrons. The molecule has 0 heterocycles. The minimum atomic E-state index is 0.0182. The fourth-order valence-corrected chi connectivity index (χ4v) is 2.44. The van der Waals surface area contributed by atoms with Gasteiger partial charge in [-0.15, -0.1) is 0 Å². The average molecular weight is 246 g/mol. The lowest BCUT2D eigenvalue weighted by molar-refractivity contribution is -0.109. The molecule has 1 nitrogen and oxygen atoms in total. The Labute approximate surface area is 112 Å². The van der Waals surface area contributed by atoms with Crippen LogP contribution in [0, 0.1) is 0 Å². The minimum absolute atomic E-state index is 0.0182. The summed E-state index contributed by atoms with van der Waals surface area (Å²) in [5.74, 6) is 0.0182. The Morgan fingerprint density at radius 3 is 2.21 bits per heavy atom. The van der Waals surface area contributed by atoms with Gasteiger partial charge in [-0.25, -0.2) is 0 Å². The minimum Gasteiger partial charge on any atom is -0.289 e. The Kier molecular flexibility index (Phi) is 2.88. The molecule has 3 rings (SSSR count). The Morgan fingerprint density at radius 1 is 0.842 bits per heavy atom. The van der Waals surface area contributed by atoms with Crippen LogP contribution in [0.5, 0.6) is 0 Å². The molecule has 0 amide bonds. The van der Waals surface area contributed by atoms with Gasteiger partial charge in [0.1, 0.15) is 0 Å². The molecule has 0 aliphatic heterocycles. The fourth-order valence-electron chi connectivity index (χ4n) is 2.44. The van der Waals surface area contributed by atoms with Crippen LogP contribution < -0.4 is 0 Å². The number of carbonyl (C=O) groups excluding carboxylic acids is 1. The molecule has 1 aliphatic carbocycles. The van der Waals surface area contributed by atoms with E-state index in [9.17, 15) is 4.79 Å². The molecular weight excluding hydrogens is 232 g/mol. The van der Waals surface area contributed by atoms with Crippen molar-refractivity contribution in [2.75, 3.05) is 0 Å². The Balaban J connectivity index is 2.04. The summed E-state index contributed by atoms with van der Waals surface area (Å²) in [6, 6.07) is 18.2. The highest BCUT2D eigenvalue weighted by Gasteiger charge is 2.20. The topological polar surface area (TPSA) is 17.1 Å². The van der Waals surface area contributed by atoms with Gasteiger partial charge in [-0.1, -0.05) is 61.2 Å². The van der Waals surface area contributed by atoms with E-state index < -0.39 is 0 Å². The standard InChI is InChI=1S/C18H14O/c1-13-16-9-5-6-10-17(16)15(12-18(13)19)11-14-7-3-2-4-8-14/h2-10,12H,1,11H2. The van der Waals surface area contributed by atoms with Crippen molar-refractivity contribution in [1.29, 1.82) is 0 Å². The van der Waals surface area contributed by atoms with E-state index in [1.54, 1.807) is 6.08 Å². The summed E-state index contributed by atoms with van der Waals surface area (Å²) in [6.07, 6.45) is 2.49. The Bertz CT molecular complexity index is 678. The smallest absolute Gasteiger partial charge is 0.186 e. The van der Waals surface area contributed by atoms with Crippen LogP contribution in [0.15, 0.2) is 67.3 Å². The normalized spacial score (nSPS) is 14.0. The third-order valence-corrected chi connectivity index (χ3v) is 3.44. The SMILES string of the molecule is C=C1C(=O)C=C(Cc2ccccc2)c2ccccc21. The first kappa shape index (κ1) is 11.7. The average Bonchev–Trinajstić information content (AvgIpc) is 2.46. The summed E-state index contributed by atoms with van der Waals surface area (Å²) in [4.78, 5) is 12.0. The molecule has 2 aromatic carbocycles. The summed E-state index contributed by atoms with van der Waals surface area (Å²) < 4.78 is 0. The summed E-state index contributed by atoms with van der Waals surface area (Å²) >= 11 is 0. The van der Waals surface area contributed by atoms with Crippen molar-refractivity contribution in [3.8, 4) is 0 Å². The largest absolute Gasteiger partial charge is 0.289 e. The maximum Gasteiger partial charge on any atom is 0.186 e. The van der Waals surface area contributed by atoms with Crippen LogP contribution in [0.1, 0.15) is 16.7 Å². The maximum absolute atomic E-state index is 12.0. The van der Waals surface area contributed by atoms with E-state index in [0.29, 0.717) is 5.57 Å². The van der Waals surface area contributed by atoms with Crippen LogP contribution in [-0.4, -0.2) is 5.78 Å². The van der Waals surface area contributed by atoms with Crippen molar-refractivity contribution in [2.24, 2.45) is 0 Å². The molecular formula is C18H14O. The van der Waals surface area contributed by atoms with Crippen LogP contribution in [0.3, 0.4) is 0 Å². The van der Waals surface area contributed by atoms with E-state index in [0.717, 1.165) is 23.1 Å². The third kappa shape index (κ3) is 2.15. The summed E-state index contributed by atoms with van der Waals surface area (Å²) in [6.45, 7) is 3.88. The third-order valence-electron chi connectivity index (χ3n) is 3.44. The van der Waals surface area contributed by atoms with Gasteiger partial charge < -0.3 is 0 Å². The fraction of sp³-hybridized carbons (Fsp3) is 0.0556. The van der Waals surface area contributed by atoms with Crippen LogP contribution in [-0.2, 0) is 11.2 Å². The monoisotopic (exact) mass is 246 g/mol. The zero-order chi connectivity index (χ0) is 13.2. The van der Waals surface area contributed by atoms with Crippen molar-refractivity contribution in [3.63, 3.8) is 0 Å². The van der Waals surface area contributed by atoms with Gasteiger partial charge in [-0.05, 0) is 34.8 Å². The summed E-state index contributed by atoms with van der Waals surface area (Å²) in [5, 5.41) is 0. The van der Waals surface area contributed by atoms with Crippen molar-refractivity contribution >= 4 is 16.9 Å². The van der Waals surface area contributed by atoms with Crippen LogP contribution >= 0.6 is 0 Å². The molecule has 0 saturated carbocycles. The number of allylic oxidation sites excluding steroid dienone is 3. The zero-order valence-corrected chi connectivity index (χ0v) is 10.6. The summed E-state index contributed by atoms with van der Waals surface area (Å²) in [7, 11) is 0. The van der Waals surface area contributed by atoms with Crippen molar-refractivity contribution in [1.82, 2.24) is 0 Å². The van der Waals surface area contributed by atoms with Gasteiger partial charge in [0.15, 0.2) is 5.78 Å². The highest BCUT2D eigenvalue weighted by atomic mass is 16.1. The number of hydrogen-bond acceptors (Lipinski definition) is 1. The lowest BCUT2D eigenvalue weighted by Crippen LogP contribution is -2.08.